The third kappa shape index (κ3) is 4.11. The molecular formula is C25H27F3N6O. The lowest BCUT2D eigenvalue weighted by Crippen LogP contribution is -2.47. The van der Waals surface area contributed by atoms with Crippen molar-refractivity contribution in [2.75, 3.05) is 24.6 Å². The molecule has 7 rings (SSSR count). The van der Waals surface area contributed by atoms with Gasteiger partial charge < -0.3 is 9.64 Å². The standard InChI is InChI=1S/C25H27F3N6O/c1-13-7-15(3-4-29-13)20-12-34(5-6-35-20)24-32-21(22-23(33-24)31-14(2)11-30-22)18-10-19(25(26,27)28)17-8-16(18)9-17/h3-4,7,11,16-20H,5-6,8-10,12H2,1-2H3/t16?,17?,18-,19+,20+/m1/s1. The maximum Gasteiger partial charge on any atom is 0.392 e. The molecule has 1 saturated heterocycles. The number of pyridine rings is 1. The van der Waals surface area contributed by atoms with E-state index < -0.39 is 12.1 Å². The van der Waals surface area contributed by atoms with Crippen LogP contribution in [0.2, 0.25) is 0 Å². The smallest absolute Gasteiger partial charge is 0.370 e. The largest absolute Gasteiger partial charge is 0.392 e. The van der Waals surface area contributed by atoms with Crippen molar-refractivity contribution < 1.29 is 17.9 Å². The van der Waals surface area contributed by atoms with E-state index in [9.17, 15) is 13.2 Å². The second-order valence-electron chi connectivity index (χ2n) is 10.1. The van der Waals surface area contributed by atoms with Crippen LogP contribution in [0.5, 0.6) is 0 Å². The van der Waals surface area contributed by atoms with E-state index in [2.05, 4.69) is 15.0 Å². The number of aryl methyl sites for hydroxylation is 2. The highest BCUT2D eigenvalue weighted by Gasteiger charge is 2.56. The van der Waals surface area contributed by atoms with E-state index in [1.54, 1.807) is 12.4 Å². The first-order chi connectivity index (χ1) is 16.8. The Hall–Kier alpha value is -2.88. The molecule has 4 heterocycles. The first-order valence-electron chi connectivity index (χ1n) is 12.1. The molecule has 3 atom stereocenters. The summed E-state index contributed by atoms with van der Waals surface area (Å²) in [6.45, 7) is 5.39. The highest BCUT2D eigenvalue weighted by molar-refractivity contribution is 5.74. The summed E-state index contributed by atoms with van der Waals surface area (Å²) in [7, 11) is 0. The minimum Gasteiger partial charge on any atom is -0.370 e. The molecule has 0 unspecified atom stereocenters. The summed E-state index contributed by atoms with van der Waals surface area (Å²) in [6.07, 6.45) is 0.283. The summed E-state index contributed by atoms with van der Waals surface area (Å²) < 4.78 is 47.4. The van der Waals surface area contributed by atoms with E-state index in [1.807, 2.05) is 30.9 Å². The Kier molecular flexibility index (Phi) is 5.39. The zero-order valence-electron chi connectivity index (χ0n) is 19.7. The Morgan fingerprint density at radius 3 is 2.60 bits per heavy atom. The molecule has 2 bridgehead atoms. The number of alkyl halides is 3. The van der Waals surface area contributed by atoms with Crippen LogP contribution in [0.1, 0.15) is 53.9 Å². The second-order valence-corrected chi connectivity index (χ2v) is 10.1. The fourth-order valence-corrected chi connectivity index (χ4v) is 5.96. The Morgan fingerprint density at radius 2 is 1.83 bits per heavy atom. The van der Waals surface area contributed by atoms with E-state index in [1.165, 1.54) is 0 Å². The minimum atomic E-state index is -4.19. The summed E-state index contributed by atoms with van der Waals surface area (Å²) in [6, 6.07) is 3.94. The van der Waals surface area contributed by atoms with Crippen molar-refractivity contribution in [3.63, 3.8) is 0 Å². The number of hydrogen-bond acceptors (Lipinski definition) is 7. The minimum absolute atomic E-state index is 0.0575. The molecule has 0 aromatic carbocycles. The molecule has 3 aromatic heterocycles. The maximum atomic E-state index is 13.8. The van der Waals surface area contributed by atoms with Gasteiger partial charge in [0.25, 0.3) is 0 Å². The molecule has 4 aliphatic rings. The molecule has 0 amide bonds. The maximum absolute atomic E-state index is 13.8. The van der Waals surface area contributed by atoms with Crippen molar-refractivity contribution in [2.24, 2.45) is 17.8 Å². The third-order valence-electron chi connectivity index (χ3n) is 7.81. The Balaban J connectivity index is 1.38. The summed E-state index contributed by atoms with van der Waals surface area (Å²) in [5.74, 6) is -1.16. The SMILES string of the molecule is Cc1cc([C@@H]2CN(c3nc([C@@H]4C[C@H](C(F)(F)F)C5CC4C5)c4ncc(C)nc4n3)CCO2)ccn1. The van der Waals surface area contributed by atoms with Crippen molar-refractivity contribution in [1.82, 2.24) is 24.9 Å². The summed E-state index contributed by atoms with van der Waals surface area (Å²) in [5, 5.41) is 0. The van der Waals surface area contributed by atoms with Gasteiger partial charge in [-0.2, -0.15) is 18.2 Å². The number of hydrogen-bond donors (Lipinski definition) is 0. The normalized spacial score (nSPS) is 28.7. The predicted molar refractivity (Wildman–Crippen MR) is 123 cm³/mol. The van der Waals surface area contributed by atoms with Gasteiger partial charge in [0.05, 0.1) is 30.5 Å². The molecule has 0 radical (unpaired) electrons. The van der Waals surface area contributed by atoms with E-state index in [0.717, 1.165) is 11.3 Å². The fraction of sp³-hybridized carbons (Fsp3) is 0.560. The number of anilines is 1. The molecule has 3 saturated carbocycles. The number of halogens is 3. The molecule has 0 spiro atoms. The number of morpholine rings is 1. The van der Waals surface area contributed by atoms with Crippen LogP contribution in [0.25, 0.3) is 11.2 Å². The molecule has 3 aromatic rings. The molecule has 35 heavy (non-hydrogen) atoms. The van der Waals surface area contributed by atoms with Gasteiger partial charge in [-0.3, -0.25) is 4.98 Å². The van der Waals surface area contributed by atoms with Crippen molar-refractivity contribution in [3.8, 4) is 0 Å². The summed E-state index contributed by atoms with van der Waals surface area (Å²) >= 11 is 0. The topological polar surface area (TPSA) is 76.9 Å². The van der Waals surface area contributed by atoms with Crippen LogP contribution >= 0.6 is 0 Å². The highest BCUT2D eigenvalue weighted by atomic mass is 19.4. The van der Waals surface area contributed by atoms with E-state index in [-0.39, 0.29) is 30.3 Å². The van der Waals surface area contributed by atoms with Gasteiger partial charge in [0.1, 0.15) is 11.6 Å². The quantitative estimate of drug-likeness (QED) is 0.533. The summed E-state index contributed by atoms with van der Waals surface area (Å²) in [5.41, 5.74) is 4.22. The lowest BCUT2D eigenvalue weighted by molar-refractivity contribution is -0.219. The van der Waals surface area contributed by atoms with Crippen molar-refractivity contribution in [3.05, 3.63) is 47.2 Å². The van der Waals surface area contributed by atoms with Gasteiger partial charge in [0.2, 0.25) is 5.95 Å². The molecule has 7 nitrogen and oxygen atoms in total. The zero-order chi connectivity index (χ0) is 24.3. The second kappa shape index (κ2) is 8.36. The zero-order valence-corrected chi connectivity index (χ0v) is 19.7. The number of fused-ring (bicyclic) bond motifs is 3. The Labute approximate surface area is 201 Å². The first-order valence-corrected chi connectivity index (χ1v) is 12.1. The first kappa shape index (κ1) is 22.6. The molecule has 0 N–H and O–H groups in total. The molecule has 10 heteroatoms. The van der Waals surface area contributed by atoms with Gasteiger partial charge in [0.15, 0.2) is 5.65 Å². The van der Waals surface area contributed by atoms with Gasteiger partial charge in [0, 0.05) is 30.6 Å². The fourth-order valence-electron chi connectivity index (χ4n) is 5.96. The number of aromatic nitrogens is 5. The van der Waals surface area contributed by atoms with Crippen LogP contribution < -0.4 is 4.90 Å². The lowest BCUT2D eigenvalue weighted by atomic mass is 9.54. The number of nitrogens with zero attached hydrogens (tertiary/aromatic N) is 6. The molecule has 184 valence electrons. The van der Waals surface area contributed by atoms with Crippen LogP contribution in [-0.4, -0.2) is 50.8 Å². The van der Waals surface area contributed by atoms with Crippen molar-refractivity contribution in [2.45, 2.75) is 51.3 Å². The van der Waals surface area contributed by atoms with E-state index in [4.69, 9.17) is 14.7 Å². The monoisotopic (exact) mass is 484 g/mol. The van der Waals surface area contributed by atoms with Gasteiger partial charge in [-0.25, -0.2) is 15.0 Å². The van der Waals surface area contributed by atoms with E-state index in [0.29, 0.717) is 61.0 Å². The van der Waals surface area contributed by atoms with Gasteiger partial charge in [-0.1, -0.05) is 0 Å². The van der Waals surface area contributed by atoms with Crippen molar-refractivity contribution in [1.29, 1.82) is 0 Å². The van der Waals surface area contributed by atoms with E-state index >= 15 is 0 Å². The number of ether oxygens (including phenoxy) is 1. The average molecular weight is 485 g/mol. The Morgan fingerprint density at radius 1 is 1.00 bits per heavy atom. The lowest BCUT2D eigenvalue weighted by Gasteiger charge is -2.51. The molecule has 4 fully saturated rings. The Bertz CT molecular complexity index is 1260. The third-order valence-corrected chi connectivity index (χ3v) is 7.81. The van der Waals surface area contributed by atoms with Gasteiger partial charge in [-0.05, 0) is 62.6 Å². The molecule has 3 aliphatic carbocycles. The van der Waals surface area contributed by atoms with Crippen LogP contribution in [0, 0.1) is 31.6 Å². The molecular weight excluding hydrogens is 457 g/mol. The van der Waals surface area contributed by atoms with Crippen LogP contribution in [-0.2, 0) is 4.74 Å². The van der Waals surface area contributed by atoms with Gasteiger partial charge in [-0.15, -0.1) is 0 Å². The predicted octanol–water partition coefficient (Wildman–Crippen LogP) is 4.70. The van der Waals surface area contributed by atoms with Gasteiger partial charge >= 0.3 is 6.18 Å². The number of rotatable bonds is 3. The summed E-state index contributed by atoms with van der Waals surface area (Å²) in [4.78, 5) is 25.0. The highest BCUT2D eigenvalue weighted by Crippen LogP contribution is 2.59. The van der Waals surface area contributed by atoms with Crippen LogP contribution in [0.4, 0.5) is 19.1 Å². The van der Waals surface area contributed by atoms with Crippen molar-refractivity contribution >= 4 is 17.1 Å². The van der Waals surface area contributed by atoms with Crippen LogP contribution in [0.3, 0.4) is 0 Å². The molecule has 1 aliphatic heterocycles. The average Bonchev–Trinajstić information content (AvgIpc) is 2.82. The van der Waals surface area contributed by atoms with Crippen LogP contribution in [0.15, 0.2) is 24.5 Å².